The van der Waals surface area contributed by atoms with Gasteiger partial charge in [-0.05, 0) is 55.5 Å². The third kappa shape index (κ3) is 2.82. The van der Waals surface area contributed by atoms with E-state index in [1.165, 1.54) is 13.2 Å². The molecule has 1 aliphatic heterocycles. The van der Waals surface area contributed by atoms with Crippen molar-refractivity contribution in [3.8, 4) is 5.75 Å². The molecule has 0 radical (unpaired) electrons. The topological polar surface area (TPSA) is 41.6 Å². The minimum absolute atomic E-state index is 0.155. The van der Waals surface area contributed by atoms with Crippen LogP contribution in [0.15, 0.2) is 18.2 Å². The molecule has 120 valence electrons. The molecule has 1 aromatic carbocycles. The molecule has 1 atom stereocenters. The molecule has 1 unspecified atom stereocenters. The zero-order valence-electron chi connectivity index (χ0n) is 13.2. The number of hydrogen-bond donors (Lipinski definition) is 1. The van der Waals surface area contributed by atoms with Crippen LogP contribution < -0.4 is 10.1 Å². The number of nitrogens with one attached hydrogen (secondary N) is 1. The molecule has 1 spiro atoms. The van der Waals surface area contributed by atoms with Gasteiger partial charge in [0.05, 0.1) is 7.11 Å². The molecule has 1 amide bonds. The molecule has 1 saturated heterocycles. The van der Waals surface area contributed by atoms with Gasteiger partial charge in [-0.3, -0.25) is 4.79 Å². The number of methoxy groups -OCH3 is 1. The van der Waals surface area contributed by atoms with Crippen molar-refractivity contribution >= 4 is 5.91 Å². The highest BCUT2D eigenvalue weighted by molar-refractivity contribution is 5.82. The van der Waals surface area contributed by atoms with Crippen LogP contribution in [0.5, 0.6) is 5.75 Å². The molecule has 0 aromatic heterocycles. The second-order valence-electron chi connectivity index (χ2n) is 6.53. The van der Waals surface area contributed by atoms with Crippen LogP contribution in [0, 0.1) is 17.2 Å². The molecule has 1 aromatic rings. The maximum Gasteiger partial charge on any atom is 0.226 e. The number of ether oxygens (including phenoxy) is 1. The summed E-state index contributed by atoms with van der Waals surface area (Å²) in [6.07, 6.45) is 3.19. The predicted octanol–water partition coefficient (Wildman–Crippen LogP) is 2.18. The van der Waals surface area contributed by atoms with E-state index in [9.17, 15) is 9.18 Å². The van der Waals surface area contributed by atoms with Crippen molar-refractivity contribution in [2.75, 3.05) is 27.2 Å². The van der Waals surface area contributed by atoms with E-state index < -0.39 is 0 Å². The molecular formula is C17H23FN2O2. The normalized spacial score (nSPS) is 22.4. The number of nitrogens with zero attached hydrogens (tertiary/aromatic N) is 1. The van der Waals surface area contributed by atoms with Crippen LogP contribution in [0.25, 0.3) is 0 Å². The number of piperidine rings is 1. The average molecular weight is 306 g/mol. The third-order valence-electron chi connectivity index (χ3n) is 5.10. The Bertz CT molecular complexity index is 570. The highest BCUT2D eigenvalue weighted by atomic mass is 19.1. The molecule has 4 nitrogen and oxygen atoms in total. The van der Waals surface area contributed by atoms with Crippen molar-refractivity contribution in [2.45, 2.75) is 25.8 Å². The summed E-state index contributed by atoms with van der Waals surface area (Å²) in [5.41, 5.74) is 1.02. The Balaban J connectivity index is 1.61. The lowest BCUT2D eigenvalue weighted by Gasteiger charge is -2.25. The van der Waals surface area contributed by atoms with E-state index in [0.29, 0.717) is 6.54 Å². The average Bonchev–Trinajstić information content (AvgIpc) is 3.20. The lowest BCUT2D eigenvalue weighted by atomic mass is 9.91. The molecule has 1 saturated carbocycles. The molecule has 2 fully saturated rings. The second kappa shape index (κ2) is 5.88. The van der Waals surface area contributed by atoms with E-state index >= 15 is 0 Å². The molecule has 1 aliphatic carbocycles. The molecular weight excluding hydrogens is 283 g/mol. The summed E-state index contributed by atoms with van der Waals surface area (Å²) >= 11 is 0. The summed E-state index contributed by atoms with van der Waals surface area (Å²) in [6, 6.07) is 4.85. The van der Waals surface area contributed by atoms with Crippen LogP contribution in [0.1, 0.15) is 24.8 Å². The minimum Gasteiger partial charge on any atom is -0.494 e. The lowest BCUT2D eigenvalue weighted by molar-refractivity contribution is -0.132. The van der Waals surface area contributed by atoms with Crippen molar-refractivity contribution < 1.29 is 13.9 Å². The molecule has 1 N–H and O–H groups in total. The predicted molar refractivity (Wildman–Crippen MR) is 82.1 cm³/mol. The highest BCUT2D eigenvalue weighted by Crippen LogP contribution is 2.59. The van der Waals surface area contributed by atoms with E-state index in [1.54, 1.807) is 24.1 Å². The van der Waals surface area contributed by atoms with Crippen LogP contribution in [0.4, 0.5) is 4.39 Å². The number of amides is 1. The fraction of sp³-hybridized carbons (Fsp3) is 0.588. The SMILES string of the molecule is COc1ccc(CN(C)C(=O)C2CC23CCNCC3)cc1F. The van der Waals surface area contributed by atoms with Gasteiger partial charge in [0.15, 0.2) is 11.6 Å². The van der Waals surface area contributed by atoms with Crippen molar-refractivity contribution in [3.63, 3.8) is 0 Å². The van der Waals surface area contributed by atoms with E-state index in [2.05, 4.69) is 5.32 Å². The van der Waals surface area contributed by atoms with E-state index in [4.69, 9.17) is 4.74 Å². The van der Waals surface area contributed by atoms with Gasteiger partial charge in [-0.2, -0.15) is 0 Å². The Labute approximate surface area is 130 Å². The lowest BCUT2D eigenvalue weighted by Crippen LogP contribution is -2.34. The zero-order valence-corrected chi connectivity index (χ0v) is 13.2. The summed E-state index contributed by atoms with van der Waals surface area (Å²) in [5.74, 6) is 0.191. The molecule has 5 heteroatoms. The number of carbonyl (C=O) groups excluding carboxylic acids is 1. The van der Waals surface area contributed by atoms with Crippen molar-refractivity contribution in [1.29, 1.82) is 0 Å². The van der Waals surface area contributed by atoms with Crippen molar-refractivity contribution in [1.82, 2.24) is 10.2 Å². The van der Waals surface area contributed by atoms with Gasteiger partial charge in [0.25, 0.3) is 0 Å². The quantitative estimate of drug-likeness (QED) is 0.927. The summed E-state index contributed by atoms with van der Waals surface area (Å²) in [5, 5.41) is 3.35. The fourth-order valence-electron chi connectivity index (χ4n) is 3.60. The van der Waals surface area contributed by atoms with Gasteiger partial charge in [-0.15, -0.1) is 0 Å². The van der Waals surface area contributed by atoms with Crippen LogP contribution >= 0.6 is 0 Å². The molecule has 1 heterocycles. The first-order chi connectivity index (χ1) is 10.6. The van der Waals surface area contributed by atoms with E-state index in [1.807, 2.05) is 0 Å². The number of hydrogen-bond acceptors (Lipinski definition) is 3. The largest absolute Gasteiger partial charge is 0.494 e. The van der Waals surface area contributed by atoms with Crippen molar-refractivity contribution in [3.05, 3.63) is 29.6 Å². The minimum atomic E-state index is -0.387. The summed E-state index contributed by atoms with van der Waals surface area (Å²) in [6.45, 7) is 2.46. The summed E-state index contributed by atoms with van der Waals surface area (Å²) < 4.78 is 18.6. The standard InChI is InChI=1S/C17H23FN2O2/c1-20(11-12-3-4-15(22-2)14(18)9-12)16(21)13-10-17(13)5-7-19-8-6-17/h3-4,9,13,19H,5-8,10-11H2,1-2H3. The second-order valence-corrected chi connectivity index (χ2v) is 6.53. The first-order valence-electron chi connectivity index (χ1n) is 7.84. The van der Waals surface area contributed by atoms with Crippen LogP contribution in [0.3, 0.4) is 0 Å². The first kappa shape index (κ1) is 15.3. The van der Waals surface area contributed by atoms with Gasteiger partial charge in [0.1, 0.15) is 0 Å². The highest BCUT2D eigenvalue weighted by Gasteiger charge is 2.58. The number of benzene rings is 1. The number of halogens is 1. The van der Waals surface area contributed by atoms with Gasteiger partial charge >= 0.3 is 0 Å². The molecule has 3 rings (SSSR count). The Hall–Kier alpha value is -1.62. The Morgan fingerprint density at radius 2 is 2.18 bits per heavy atom. The number of rotatable bonds is 4. The Morgan fingerprint density at radius 3 is 2.82 bits per heavy atom. The van der Waals surface area contributed by atoms with Gasteiger partial charge in [-0.25, -0.2) is 4.39 Å². The maximum absolute atomic E-state index is 13.7. The Kier molecular flexibility index (Phi) is 4.08. The Morgan fingerprint density at radius 1 is 1.45 bits per heavy atom. The monoisotopic (exact) mass is 306 g/mol. The summed E-state index contributed by atoms with van der Waals surface area (Å²) in [7, 11) is 3.25. The van der Waals surface area contributed by atoms with Crippen LogP contribution in [0.2, 0.25) is 0 Å². The van der Waals surface area contributed by atoms with Gasteiger partial charge in [0, 0.05) is 19.5 Å². The van der Waals surface area contributed by atoms with Crippen LogP contribution in [-0.2, 0) is 11.3 Å². The smallest absolute Gasteiger partial charge is 0.226 e. The van der Waals surface area contributed by atoms with Gasteiger partial charge in [-0.1, -0.05) is 6.07 Å². The zero-order chi connectivity index (χ0) is 15.7. The molecule has 2 aliphatic rings. The van der Waals surface area contributed by atoms with Crippen LogP contribution in [-0.4, -0.2) is 38.1 Å². The van der Waals surface area contributed by atoms with Crippen molar-refractivity contribution in [2.24, 2.45) is 11.3 Å². The molecule has 0 bridgehead atoms. The maximum atomic E-state index is 13.7. The van der Waals surface area contributed by atoms with E-state index in [-0.39, 0.29) is 28.8 Å². The van der Waals surface area contributed by atoms with E-state index in [0.717, 1.165) is 37.9 Å². The fourth-order valence-corrected chi connectivity index (χ4v) is 3.60. The third-order valence-corrected chi connectivity index (χ3v) is 5.10. The van der Waals surface area contributed by atoms with Gasteiger partial charge < -0.3 is 15.0 Å². The summed E-state index contributed by atoms with van der Waals surface area (Å²) in [4.78, 5) is 14.3. The first-order valence-corrected chi connectivity index (χ1v) is 7.84. The number of carbonyl (C=O) groups is 1. The van der Waals surface area contributed by atoms with Gasteiger partial charge in [0.2, 0.25) is 5.91 Å². The molecule has 22 heavy (non-hydrogen) atoms.